The summed E-state index contributed by atoms with van der Waals surface area (Å²) in [4.78, 5) is 5.25. The smallest absolute Gasteiger partial charge is 0.252 e. The molecular weight excluding hydrogens is 535 g/mol. The molecule has 0 aromatic carbocycles. The second kappa shape index (κ2) is 13.2. The second-order valence-electron chi connectivity index (χ2n) is 8.14. The molecule has 1 fully saturated rings. The number of sulfonamides is 1. The summed E-state index contributed by atoms with van der Waals surface area (Å²) in [5.41, 5.74) is 0.203. The number of unbranched alkanes of at least 4 members (excludes halogenated alkanes) is 2. The molecule has 7 nitrogen and oxygen atoms in total. The van der Waals surface area contributed by atoms with E-state index in [9.17, 15) is 8.42 Å². The third-order valence-electron chi connectivity index (χ3n) is 5.05. The number of nitrogens with one attached hydrogen (secondary N) is 2. The summed E-state index contributed by atoms with van der Waals surface area (Å²) in [6, 6.07) is 3.56. The molecule has 174 valence electrons. The highest BCUT2D eigenvalue weighted by atomic mass is 127. The highest BCUT2D eigenvalue weighted by Crippen LogP contribution is 2.26. The molecule has 2 heterocycles. The molecule has 0 amide bonds. The Hall–Kier alpha value is -0.430. The van der Waals surface area contributed by atoms with E-state index in [-0.39, 0.29) is 29.4 Å². The minimum Gasteiger partial charge on any atom is -0.379 e. The van der Waals surface area contributed by atoms with Crippen molar-refractivity contribution in [2.75, 3.05) is 39.9 Å². The summed E-state index contributed by atoms with van der Waals surface area (Å²) >= 11 is 1.31. The average Bonchev–Trinajstić information content (AvgIpc) is 3.19. The van der Waals surface area contributed by atoms with E-state index in [0.29, 0.717) is 37.1 Å². The van der Waals surface area contributed by atoms with Crippen LogP contribution in [0.15, 0.2) is 21.3 Å². The van der Waals surface area contributed by atoms with Crippen LogP contribution in [0.1, 0.15) is 51.3 Å². The first-order valence-corrected chi connectivity index (χ1v) is 12.7. The summed E-state index contributed by atoms with van der Waals surface area (Å²) in [5.74, 6) is 0.736. The Balaban J connectivity index is 0.00000450. The van der Waals surface area contributed by atoms with Crippen LogP contribution in [0.2, 0.25) is 0 Å². The third-order valence-corrected chi connectivity index (χ3v) is 8.50. The van der Waals surface area contributed by atoms with Crippen LogP contribution in [0, 0.1) is 5.41 Å². The molecular formula is C20H37IN4O3S2. The number of morpholine rings is 1. The van der Waals surface area contributed by atoms with Gasteiger partial charge in [-0.05, 0) is 24.0 Å². The predicted octanol–water partition coefficient (Wildman–Crippen LogP) is 3.66. The van der Waals surface area contributed by atoms with Gasteiger partial charge >= 0.3 is 0 Å². The van der Waals surface area contributed by atoms with Gasteiger partial charge in [0.1, 0.15) is 4.21 Å². The number of hydrogen-bond acceptors (Lipinski definition) is 5. The van der Waals surface area contributed by atoms with Crippen molar-refractivity contribution in [1.82, 2.24) is 14.9 Å². The normalized spacial score (nSPS) is 16.2. The van der Waals surface area contributed by atoms with Crippen LogP contribution in [-0.4, -0.2) is 58.6 Å². The van der Waals surface area contributed by atoms with Crippen LogP contribution in [-0.2, 0) is 21.3 Å². The molecule has 1 aromatic rings. The largest absolute Gasteiger partial charge is 0.379 e. The van der Waals surface area contributed by atoms with Gasteiger partial charge in [-0.1, -0.05) is 40.0 Å². The zero-order valence-electron chi connectivity index (χ0n) is 18.6. The van der Waals surface area contributed by atoms with Crippen molar-refractivity contribution in [3.05, 3.63) is 17.0 Å². The molecule has 0 saturated carbocycles. The summed E-state index contributed by atoms with van der Waals surface area (Å²) in [6.07, 6.45) is 4.92. The molecule has 1 aliphatic heterocycles. The van der Waals surface area contributed by atoms with Gasteiger partial charge in [-0.2, -0.15) is 4.31 Å². The van der Waals surface area contributed by atoms with Crippen LogP contribution < -0.4 is 10.6 Å². The molecule has 0 bridgehead atoms. The highest BCUT2D eigenvalue weighted by Gasteiger charge is 2.27. The molecule has 1 aliphatic rings. The first-order valence-electron chi connectivity index (χ1n) is 10.4. The van der Waals surface area contributed by atoms with Crippen LogP contribution in [0.25, 0.3) is 0 Å². The first kappa shape index (κ1) is 27.6. The number of ether oxygens (including phenoxy) is 1. The fourth-order valence-electron chi connectivity index (χ4n) is 3.16. The van der Waals surface area contributed by atoms with Crippen LogP contribution in [0.5, 0.6) is 0 Å². The molecule has 2 rings (SSSR count). The van der Waals surface area contributed by atoms with E-state index in [2.05, 4.69) is 36.4 Å². The zero-order valence-corrected chi connectivity index (χ0v) is 22.5. The van der Waals surface area contributed by atoms with Crippen LogP contribution >= 0.6 is 35.3 Å². The molecule has 30 heavy (non-hydrogen) atoms. The zero-order chi connectivity index (χ0) is 21.3. The van der Waals surface area contributed by atoms with E-state index < -0.39 is 10.0 Å². The molecule has 0 unspecified atom stereocenters. The Morgan fingerprint density at radius 1 is 1.23 bits per heavy atom. The molecule has 0 radical (unpaired) electrons. The van der Waals surface area contributed by atoms with Gasteiger partial charge in [-0.25, -0.2) is 8.42 Å². The lowest BCUT2D eigenvalue weighted by Gasteiger charge is -2.26. The minimum atomic E-state index is -3.43. The maximum absolute atomic E-state index is 12.7. The van der Waals surface area contributed by atoms with Crippen molar-refractivity contribution in [2.45, 2.75) is 57.2 Å². The molecule has 2 N–H and O–H groups in total. The standard InChI is InChI=1S/C20H36N4O3S2.HI/c1-5-6-7-10-20(2,3)16-23-19(21-4)22-15-17-8-9-18(28-17)29(25,26)24-11-13-27-14-12-24;/h8-9H,5-7,10-16H2,1-4H3,(H2,21,22,23);1H. The van der Waals surface area contributed by atoms with Crippen LogP contribution in [0.4, 0.5) is 0 Å². The van der Waals surface area contributed by atoms with Gasteiger partial charge in [0, 0.05) is 31.6 Å². The number of nitrogens with zero attached hydrogens (tertiary/aromatic N) is 2. The Kier molecular flexibility index (Phi) is 12.1. The molecule has 0 atom stereocenters. The number of rotatable bonds is 10. The minimum absolute atomic E-state index is 0. The summed E-state index contributed by atoms with van der Waals surface area (Å²) in [6.45, 7) is 9.88. The van der Waals surface area contributed by atoms with Gasteiger partial charge in [0.25, 0.3) is 10.0 Å². The van der Waals surface area contributed by atoms with Crippen molar-refractivity contribution in [2.24, 2.45) is 10.4 Å². The topological polar surface area (TPSA) is 83.0 Å². The van der Waals surface area contributed by atoms with E-state index in [1.807, 2.05) is 6.07 Å². The number of thiophene rings is 1. The van der Waals surface area contributed by atoms with Gasteiger partial charge in [-0.15, -0.1) is 35.3 Å². The van der Waals surface area contributed by atoms with E-state index >= 15 is 0 Å². The molecule has 1 aromatic heterocycles. The number of halogens is 1. The van der Waals surface area contributed by atoms with Gasteiger partial charge in [0.2, 0.25) is 0 Å². The number of hydrogen-bond donors (Lipinski definition) is 2. The molecule has 10 heteroatoms. The number of guanidine groups is 1. The molecule has 1 saturated heterocycles. The summed E-state index contributed by atoms with van der Waals surface area (Å²) in [5, 5.41) is 6.69. The van der Waals surface area contributed by atoms with E-state index in [1.165, 1.54) is 41.3 Å². The lowest BCUT2D eigenvalue weighted by atomic mass is 9.87. The van der Waals surface area contributed by atoms with Crippen molar-refractivity contribution in [3.63, 3.8) is 0 Å². The quantitative estimate of drug-likeness (QED) is 0.194. The van der Waals surface area contributed by atoms with Crippen molar-refractivity contribution in [1.29, 1.82) is 0 Å². The summed E-state index contributed by atoms with van der Waals surface area (Å²) in [7, 11) is -1.68. The summed E-state index contributed by atoms with van der Waals surface area (Å²) < 4.78 is 32.6. The molecule has 0 aliphatic carbocycles. The van der Waals surface area contributed by atoms with Crippen molar-refractivity contribution in [3.8, 4) is 0 Å². The maximum Gasteiger partial charge on any atom is 0.252 e. The average molecular weight is 573 g/mol. The van der Waals surface area contributed by atoms with Crippen molar-refractivity contribution < 1.29 is 13.2 Å². The highest BCUT2D eigenvalue weighted by molar-refractivity contribution is 14.0. The fourth-order valence-corrected chi connectivity index (χ4v) is 6.02. The van der Waals surface area contributed by atoms with Crippen LogP contribution in [0.3, 0.4) is 0 Å². The lowest BCUT2D eigenvalue weighted by molar-refractivity contribution is 0.0731. The fraction of sp³-hybridized carbons (Fsp3) is 0.750. The maximum atomic E-state index is 12.7. The number of aliphatic imine (C=N–C) groups is 1. The predicted molar refractivity (Wildman–Crippen MR) is 135 cm³/mol. The Labute approximate surface area is 203 Å². The Morgan fingerprint density at radius 3 is 2.57 bits per heavy atom. The SMILES string of the molecule is CCCCCC(C)(C)CNC(=NC)NCc1ccc(S(=O)(=O)N2CCOCC2)s1.I. The van der Waals surface area contributed by atoms with Gasteiger partial charge < -0.3 is 15.4 Å². The van der Waals surface area contributed by atoms with Gasteiger partial charge in [-0.3, -0.25) is 4.99 Å². The van der Waals surface area contributed by atoms with E-state index in [4.69, 9.17) is 4.74 Å². The third kappa shape index (κ3) is 8.60. The van der Waals surface area contributed by atoms with Crippen molar-refractivity contribution >= 4 is 51.3 Å². The first-order chi connectivity index (χ1) is 13.8. The Morgan fingerprint density at radius 2 is 1.93 bits per heavy atom. The second-order valence-corrected chi connectivity index (χ2v) is 11.5. The Bertz CT molecular complexity index is 760. The lowest BCUT2D eigenvalue weighted by Crippen LogP contribution is -2.41. The van der Waals surface area contributed by atoms with E-state index in [1.54, 1.807) is 13.1 Å². The molecule has 0 spiro atoms. The van der Waals surface area contributed by atoms with Gasteiger partial charge in [0.05, 0.1) is 19.8 Å². The monoisotopic (exact) mass is 572 g/mol. The van der Waals surface area contributed by atoms with Gasteiger partial charge in [0.15, 0.2) is 5.96 Å². The van der Waals surface area contributed by atoms with E-state index in [0.717, 1.165) is 17.4 Å².